The van der Waals surface area contributed by atoms with Gasteiger partial charge < -0.3 is 16.0 Å². The molecule has 3 N–H and O–H groups in total. The molecular formula is C14H19ClN4O2. The number of amides is 2. The Morgan fingerprint density at radius 3 is 3.10 bits per heavy atom. The number of carbonyl (C=O) groups excluding carboxylic acids is 2. The number of anilines is 1. The van der Waals surface area contributed by atoms with Crippen LogP contribution in [0.5, 0.6) is 0 Å². The van der Waals surface area contributed by atoms with Crippen LogP contribution in [0.1, 0.15) is 36.5 Å². The summed E-state index contributed by atoms with van der Waals surface area (Å²) in [4.78, 5) is 28.1. The van der Waals surface area contributed by atoms with E-state index in [4.69, 9.17) is 11.6 Å². The molecule has 1 fully saturated rings. The summed E-state index contributed by atoms with van der Waals surface area (Å²) in [5.41, 5.74) is 0.323. The molecule has 0 aliphatic carbocycles. The quantitative estimate of drug-likeness (QED) is 0.771. The summed E-state index contributed by atoms with van der Waals surface area (Å²) >= 11 is 6.03. The molecule has 0 spiro atoms. The molecule has 0 bridgehead atoms. The third kappa shape index (κ3) is 4.07. The number of aromatic nitrogens is 1. The molecule has 0 aromatic carbocycles. The molecule has 114 valence electrons. The van der Waals surface area contributed by atoms with Crippen LogP contribution in [0.2, 0.25) is 5.02 Å². The van der Waals surface area contributed by atoms with Gasteiger partial charge in [-0.3, -0.25) is 9.59 Å². The van der Waals surface area contributed by atoms with E-state index in [1.807, 2.05) is 6.92 Å². The molecule has 1 unspecified atom stereocenters. The Kier molecular flexibility index (Phi) is 5.38. The topological polar surface area (TPSA) is 83.1 Å². The van der Waals surface area contributed by atoms with Gasteiger partial charge in [0.05, 0.1) is 10.6 Å². The lowest BCUT2D eigenvalue weighted by Crippen LogP contribution is -2.50. The lowest BCUT2D eigenvalue weighted by molar-refractivity contribution is -0.124. The second kappa shape index (κ2) is 7.26. The highest BCUT2D eigenvalue weighted by Gasteiger charge is 2.25. The number of nitrogens with one attached hydrogen (secondary N) is 3. The zero-order valence-corrected chi connectivity index (χ0v) is 12.7. The largest absolute Gasteiger partial charge is 0.370 e. The van der Waals surface area contributed by atoms with Gasteiger partial charge in [0.25, 0.3) is 5.91 Å². The van der Waals surface area contributed by atoms with Crippen LogP contribution in [0.25, 0.3) is 0 Å². The van der Waals surface area contributed by atoms with Gasteiger partial charge >= 0.3 is 0 Å². The standard InChI is InChI=1S/C14H19ClN4O2/c1-2-5-16-12-7-9(10(15)8-18-12)13(20)19-11-4-3-6-17-14(11)21/h7-8,11H,2-6H2,1H3,(H,16,18)(H,17,21)(H,19,20). The van der Waals surface area contributed by atoms with Crippen molar-refractivity contribution in [2.24, 2.45) is 0 Å². The molecule has 6 nitrogen and oxygen atoms in total. The van der Waals surface area contributed by atoms with Gasteiger partial charge in [0, 0.05) is 19.3 Å². The molecule has 2 rings (SSSR count). The smallest absolute Gasteiger partial charge is 0.253 e. The van der Waals surface area contributed by atoms with Crippen LogP contribution in [0.4, 0.5) is 5.82 Å². The van der Waals surface area contributed by atoms with E-state index < -0.39 is 6.04 Å². The van der Waals surface area contributed by atoms with E-state index in [-0.39, 0.29) is 16.8 Å². The summed E-state index contributed by atoms with van der Waals surface area (Å²) in [6.45, 7) is 3.46. The minimum atomic E-state index is -0.498. The predicted molar refractivity (Wildman–Crippen MR) is 81.5 cm³/mol. The van der Waals surface area contributed by atoms with Gasteiger partial charge in [-0.25, -0.2) is 4.98 Å². The molecule has 2 amide bonds. The fraction of sp³-hybridized carbons (Fsp3) is 0.500. The van der Waals surface area contributed by atoms with Gasteiger partial charge in [0.15, 0.2) is 0 Å². The first-order valence-electron chi connectivity index (χ1n) is 7.09. The molecular weight excluding hydrogens is 292 g/mol. The Balaban J connectivity index is 2.08. The fourth-order valence-electron chi connectivity index (χ4n) is 2.11. The number of hydrogen-bond donors (Lipinski definition) is 3. The van der Waals surface area contributed by atoms with Gasteiger partial charge in [-0.15, -0.1) is 0 Å². The molecule has 1 aliphatic rings. The van der Waals surface area contributed by atoms with Crippen LogP contribution in [0.15, 0.2) is 12.3 Å². The van der Waals surface area contributed by atoms with Gasteiger partial charge in [-0.05, 0) is 25.3 Å². The summed E-state index contributed by atoms with van der Waals surface area (Å²) in [7, 11) is 0. The maximum Gasteiger partial charge on any atom is 0.253 e. The Labute approximate surface area is 128 Å². The van der Waals surface area contributed by atoms with Crippen LogP contribution in [-0.2, 0) is 4.79 Å². The van der Waals surface area contributed by atoms with Gasteiger partial charge in [-0.2, -0.15) is 0 Å². The number of hydrogen-bond acceptors (Lipinski definition) is 4. The van der Waals surface area contributed by atoms with Crippen molar-refractivity contribution in [3.63, 3.8) is 0 Å². The highest BCUT2D eigenvalue weighted by molar-refractivity contribution is 6.33. The Bertz CT molecular complexity index is 536. The molecule has 2 heterocycles. The Morgan fingerprint density at radius 2 is 2.38 bits per heavy atom. The number of pyridine rings is 1. The van der Waals surface area contributed by atoms with E-state index in [1.165, 1.54) is 6.20 Å². The van der Waals surface area contributed by atoms with E-state index in [2.05, 4.69) is 20.9 Å². The maximum absolute atomic E-state index is 12.3. The summed E-state index contributed by atoms with van der Waals surface area (Å²) in [6.07, 6.45) is 3.88. The minimum Gasteiger partial charge on any atom is -0.370 e. The van der Waals surface area contributed by atoms with Crippen LogP contribution in [-0.4, -0.2) is 35.9 Å². The van der Waals surface area contributed by atoms with Crippen molar-refractivity contribution in [2.75, 3.05) is 18.4 Å². The van der Waals surface area contributed by atoms with E-state index in [0.29, 0.717) is 24.3 Å². The predicted octanol–water partition coefficient (Wildman–Crippen LogP) is 1.57. The van der Waals surface area contributed by atoms with Crippen LogP contribution >= 0.6 is 11.6 Å². The molecule has 1 aliphatic heterocycles. The molecule has 0 radical (unpaired) electrons. The highest BCUT2D eigenvalue weighted by atomic mass is 35.5. The molecule has 1 aromatic heterocycles. The van der Waals surface area contributed by atoms with E-state index in [0.717, 1.165) is 19.4 Å². The minimum absolute atomic E-state index is 0.149. The van der Waals surface area contributed by atoms with Crippen molar-refractivity contribution in [2.45, 2.75) is 32.2 Å². The maximum atomic E-state index is 12.3. The monoisotopic (exact) mass is 310 g/mol. The lowest BCUT2D eigenvalue weighted by Gasteiger charge is -2.23. The zero-order valence-electron chi connectivity index (χ0n) is 11.9. The van der Waals surface area contributed by atoms with Crippen molar-refractivity contribution in [1.29, 1.82) is 0 Å². The first kappa shape index (κ1) is 15.6. The number of rotatable bonds is 5. The third-order valence-electron chi connectivity index (χ3n) is 3.25. The SMILES string of the molecule is CCCNc1cc(C(=O)NC2CCCNC2=O)c(Cl)cn1. The van der Waals surface area contributed by atoms with Crippen LogP contribution in [0.3, 0.4) is 0 Å². The number of carbonyl (C=O) groups is 2. The van der Waals surface area contributed by atoms with E-state index in [1.54, 1.807) is 6.07 Å². The van der Waals surface area contributed by atoms with Crippen molar-refractivity contribution < 1.29 is 9.59 Å². The van der Waals surface area contributed by atoms with Crippen LogP contribution in [0, 0.1) is 0 Å². The van der Waals surface area contributed by atoms with E-state index in [9.17, 15) is 9.59 Å². The summed E-state index contributed by atoms with van der Waals surface area (Å²) in [5, 5.41) is 8.82. The second-order valence-electron chi connectivity index (χ2n) is 4.94. The van der Waals surface area contributed by atoms with Crippen LogP contribution < -0.4 is 16.0 Å². The molecule has 7 heteroatoms. The van der Waals surface area contributed by atoms with E-state index >= 15 is 0 Å². The highest BCUT2D eigenvalue weighted by Crippen LogP contribution is 2.18. The summed E-state index contributed by atoms with van der Waals surface area (Å²) in [6, 6.07) is 1.11. The normalized spacial score (nSPS) is 18.0. The third-order valence-corrected chi connectivity index (χ3v) is 3.55. The Hall–Kier alpha value is -1.82. The van der Waals surface area contributed by atoms with Crippen molar-refractivity contribution in [3.05, 3.63) is 22.8 Å². The number of piperidine rings is 1. The first-order chi connectivity index (χ1) is 10.1. The van der Waals surface area contributed by atoms with Crippen molar-refractivity contribution in [1.82, 2.24) is 15.6 Å². The lowest BCUT2D eigenvalue weighted by atomic mass is 10.1. The summed E-state index contributed by atoms with van der Waals surface area (Å²) in [5.74, 6) is 0.0904. The van der Waals surface area contributed by atoms with Crippen molar-refractivity contribution >= 4 is 29.2 Å². The molecule has 0 saturated carbocycles. The molecule has 1 aromatic rings. The first-order valence-corrected chi connectivity index (χ1v) is 7.47. The molecule has 1 atom stereocenters. The fourth-order valence-corrected chi connectivity index (χ4v) is 2.30. The molecule has 1 saturated heterocycles. The van der Waals surface area contributed by atoms with Gasteiger partial charge in [0.1, 0.15) is 11.9 Å². The zero-order chi connectivity index (χ0) is 15.2. The van der Waals surface area contributed by atoms with Gasteiger partial charge in [-0.1, -0.05) is 18.5 Å². The average molecular weight is 311 g/mol. The van der Waals surface area contributed by atoms with Gasteiger partial charge in [0.2, 0.25) is 5.91 Å². The number of halogens is 1. The number of nitrogens with zero attached hydrogens (tertiary/aromatic N) is 1. The Morgan fingerprint density at radius 1 is 1.57 bits per heavy atom. The average Bonchev–Trinajstić information content (AvgIpc) is 2.48. The second-order valence-corrected chi connectivity index (χ2v) is 5.34. The molecule has 21 heavy (non-hydrogen) atoms. The summed E-state index contributed by atoms with van der Waals surface area (Å²) < 4.78 is 0. The van der Waals surface area contributed by atoms with Crippen molar-refractivity contribution in [3.8, 4) is 0 Å².